The predicted octanol–water partition coefficient (Wildman–Crippen LogP) is 4.03. The highest BCUT2D eigenvalue weighted by Gasteiger charge is 2.47. The van der Waals surface area contributed by atoms with E-state index >= 15 is 0 Å². The molecule has 0 saturated heterocycles. The summed E-state index contributed by atoms with van der Waals surface area (Å²) in [6.45, 7) is 6.01. The van der Waals surface area contributed by atoms with Crippen molar-refractivity contribution in [3.63, 3.8) is 0 Å². The van der Waals surface area contributed by atoms with Crippen LogP contribution in [-0.4, -0.2) is 10.7 Å². The molecule has 1 aliphatic rings. The minimum atomic E-state index is -1.00. The molecule has 0 amide bonds. The van der Waals surface area contributed by atoms with E-state index in [2.05, 4.69) is 43.9 Å². The van der Waals surface area contributed by atoms with Crippen molar-refractivity contribution in [1.82, 2.24) is 0 Å². The van der Waals surface area contributed by atoms with Gasteiger partial charge in [0.15, 0.2) is 5.60 Å². The fourth-order valence-electron chi connectivity index (χ4n) is 2.87. The largest absolute Gasteiger partial charge is 0.373 e. The summed E-state index contributed by atoms with van der Waals surface area (Å²) in [7, 11) is 0. The molecule has 1 N–H and O–H groups in total. The van der Waals surface area contributed by atoms with Gasteiger partial charge in [0.25, 0.3) is 0 Å². The monoisotopic (exact) mass is 254 g/mol. The Morgan fingerprint density at radius 1 is 1.21 bits per heavy atom. The van der Waals surface area contributed by atoms with Crippen LogP contribution in [0.2, 0.25) is 0 Å². The molecule has 100 valence electrons. The number of rotatable bonds is 1. The second-order valence-corrected chi connectivity index (χ2v) is 5.90. The normalized spacial score (nSPS) is 27.7. The Labute approximate surface area is 116 Å². The van der Waals surface area contributed by atoms with Gasteiger partial charge in [-0.3, -0.25) is 0 Å². The minimum absolute atomic E-state index is 0.200. The van der Waals surface area contributed by atoms with E-state index in [-0.39, 0.29) is 5.41 Å². The summed E-state index contributed by atoms with van der Waals surface area (Å²) in [4.78, 5) is 0. The molecule has 1 aromatic rings. The van der Waals surface area contributed by atoms with Crippen LogP contribution in [0, 0.1) is 17.3 Å². The van der Waals surface area contributed by atoms with E-state index in [0.29, 0.717) is 0 Å². The van der Waals surface area contributed by atoms with Crippen molar-refractivity contribution in [3.8, 4) is 11.8 Å². The molecular weight excluding hydrogens is 232 g/mol. The topological polar surface area (TPSA) is 20.2 Å². The average Bonchev–Trinajstić information content (AvgIpc) is 2.37. The molecule has 1 heteroatoms. The molecule has 0 aliphatic heterocycles. The van der Waals surface area contributed by atoms with Crippen LogP contribution < -0.4 is 0 Å². The quantitative estimate of drug-likeness (QED) is 0.750. The lowest BCUT2D eigenvalue weighted by molar-refractivity contribution is -0.00588. The summed E-state index contributed by atoms with van der Waals surface area (Å²) in [5.74, 6) is 5.97. The van der Waals surface area contributed by atoms with Crippen molar-refractivity contribution < 1.29 is 5.11 Å². The highest BCUT2D eigenvalue weighted by atomic mass is 16.3. The van der Waals surface area contributed by atoms with Crippen LogP contribution in [0.3, 0.4) is 0 Å². The first-order chi connectivity index (χ1) is 8.99. The van der Waals surface area contributed by atoms with Crippen molar-refractivity contribution in [1.29, 1.82) is 0 Å². The van der Waals surface area contributed by atoms with E-state index < -0.39 is 5.60 Å². The van der Waals surface area contributed by atoms with Crippen molar-refractivity contribution >= 4 is 6.08 Å². The summed E-state index contributed by atoms with van der Waals surface area (Å²) in [5, 5.41) is 11.1. The zero-order valence-corrected chi connectivity index (χ0v) is 12.0. The third-order valence-corrected chi connectivity index (χ3v) is 4.14. The van der Waals surface area contributed by atoms with Gasteiger partial charge in [-0.15, -0.1) is 5.92 Å². The molecule has 0 bridgehead atoms. The van der Waals surface area contributed by atoms with Gasteiger partial charge in [0, 0.05) is 5.41 Å². The third kappa shape index (κ3) is 2.60. The molecule has 1 aliphatic carbocycles. The second kappa shape index (κ2) is 5.23. The van der Waals surface area contributed by atoms with Gasteiger partial charge >= 0.3 is 0 Å². The fourth-order valence-corrected chi connectivity index (χ4v) is 2.87. The number of hydrogen-bond acceptors (Lipinski definition) is 1. The van der Waals surface area contributed by atoms with Gasteiger partial charge in [-0.25, -0.2) is 0 Å². The summed E-state index contributed by atoms with van der Waals surface area (Å²) in [6, 6.07) is 10.2. The molecule has 1 saturated carbocycles. The van der Waals surface area contributed by atoms with Crippen molar-refractivity contribution in [3.05, 3.63) is 41.5 Å². The molecule has 0 spiro atoms. The maximum atomic E-state index is 11.1. The number of benzene rings is 1. The van der Waals surface area contributed by atoms with E-state index in [1.807, 2.05) is 18.2 Å². The molecule has 1 atom stereocenters. The lowest BCUT2D eigenvalue weighted by atomic mass is 9.63. The first-order valence-corrected chi connectivity index (χ1v) is 6.92. The van der Waals surface area contributed by atoms with Crippen LogP contribution in [0.25, 0.3) is 6.08 Å². The van der Waals surface area contributed by atoms with E-state index in [1.165, 1.54) is 0 Å². The van der Waals surface area contributed by atoms with E-state index in [4.69, 9.17) is 0 Å². The lowest BCUT2D eigenvalue weighted by Crippen LogP contribution is -2.47. The summed E-state index contributed by atoms with van der Waals surface area (Å²) in [6.07, 6.45) is 5.14. The first kappa shape index (κ1) is 13.9. The SMILES string of the molecule is CC#CC1(O)/C(=C/c2ccccc2)CCCC1(C)C. The van der Waals surface area contributed by atoms with Crippen LogP contribution in [0.4, 0.5) is 0 Å². The molecule has 1 aromatic carbocycles. The van der Waals surface area contributed by atoms with Crippen molar-refractivity contribution in [2.45, 2.75) is 45.6 Å². The maximum absolute atomic E-state index is 11.1. The summed E-state index contributed by atoms with van der Waals surface area (Å²) in [5.41, 5.74) is 0.973. The molecule has 0 aromatic heterocycles. The van der Waals surface area contributed by atoms with Gasteiger partial charge in [0.05, 0.1) is 0 Å². The Bertz CT molecular complexity index is 528. The molecule has 1 nitrogen and oxygen atoms in total. The van der Waals surface area contributed by atoms with Gasteiger partial charge in [-0.05, 0) is 37.3 Å². The van der Waals surface area contributed by atoms with Crippen molar-refractivity contribution in [2.75, 3.05) is 0 Å². The average molecular weight is 254 g/mol. The van der Waals surface area contributed by atoms with Crippen LogP contribution in [0.5, 0.6) is 0 Å². The summed E-state index contributed by atoms with van der Waals surface area (Å²) < 4.78 is 0. The smallest absolute Gasteiger partial charge is 0.152 e. The standard InChI is InChI=1S/C18H22O/c1-4-12-18(19)16(11-8-13-17(18,2)3)14-15-9-6-5-7-10-15/h5-7,9-10,14,19H,8,11,13H2,1-3H3/b16-14+. The zero-order chi connectivity index (χ0) is 13.9. The zero-order valence-electron chi connectivity index (χ0n) is 12.0. The van der Waals surface area contributed by atoms with E-state index in [0.717, 1.165) is 30.4 Å². The van der Waals surface area contributed by atoms with Gasteiger partial charge in [-0.2, -0.15) is 0 Å². The fraction of sp³-hybridized carbons (Fsp3) is 0.444. The molecule has 2 rings (SSSR count). The third-order valence-electron chi connectivity index (χ3n) is 4.14. The first-order valence-electron chi connectivity index (χ1n) is 6.92. The van der Waals surface area contributed by atoms with E-state index in [1.54, 1.807) is 6.92 Å². The Kier molecular flexibility index (Phi) is 3.83. The highest BCUT2D eigenvalue weighted by Crippen LogP contribution is 2.47. The van der Waals surface area contributed by atoms with Crippen LogP contribution in [-0.2, 0) is 0 Å². The Balaban J connectivity index is 2.47. The van der Waals surface area contributed by atoms with Gasteiger partial charge in [0.1, 0.15) is 0 Å². The molecule has 0 radical (unpaired) electrons. The Hall–Kier alpha value is -1.52. The van der Waals surface area contributed by atoms with Gasteiger partial charge < -0.3 is 5.11 Å². The molecule has 19 heavy (non-hydrogen) atoms. The molecule has 1 unspecified atom stereocenters. The molecular formula is C18H22O. The highest BCUT2D eigenvalue weighted by molar-refractivity contribution is 5.58. The number of aliphatic hydroxyl groups is 1. The van der Waals surface area contributed by atoms with Crippen molar-refractivity contribution in [2.24, 2.45) is 5.41 Å². The van der Waals surface area contributed by atoms with E-state index in [9.17, 15) is 5.11 Å². The maximum Gasteiger partial charge on any atom is 0.152 e. The van der Waals surface area contributed by atoms with Crippen LogP contribution in [0.1, 0.15) is 45.6 Å². The minimum Gasteiger partial charge on any atom is -0.373 e. The molecule has 0 heterocycles. The van der Waals surface area contributed by atoms with Crippen LogP contribution >= 0.6 is 0 Å². The van der Waals surface area contributed by atoms with Gasteiger partial charge in [0.2, 0.25) is 0 Å². The summed E-state index contributed by atoms with van der Waals surface area (Å²) >= 11 is 0. The predicted molar refractivity (Wildman–Crippen MR) is 80.5 cm³/mol. The molecule has 1 fully saturated rings. The number of hydrogen-bond donors (Lipinski definition) is 1. The lowest BCUT2D eigenvalue weighted by Gasteiger charge is -2.45. The Morgan fingerprint density at radius 2 is 1.89 bits per heavy atom. The Morgan fingerprint density at radius 3 is 2.53 bits per heavy atom. The van der Waals surface area contributed by atoms with Gasteiger partial charge in [-0.1, -0.05) is 56.2 Å². The second-order valence-electron chi connectivity index (χ2n) is 5.90. The van der Waals surface area contributed by atoms with Crippen LogP contribution in [0.15, 0.2) is 35.9 Å².